The number of ether oxygens (including phenoxy) is 1. The summed E-state index contributed by atoms with van der Waals surface area (Å²) in [5, 5.41) is 10.7. The van der Waals surface area contributed by atoms with Crippen molar-refractivity contribution in [2.45, 2.75) is 13.3 Å². The molecule has 110 valence electrons. The van der Waals surface area contributed by atoms with Crippen molar-refractivity contribution in [3.8, 4) is 0 Å². The molecule has 0 spiro atoms. The fourth-order valence-electron chi connectivity index (χ4n) is 1.59. The van der Waals surface area contributed by atoms with Gasteiger partial charge in [-0.15, -0.1) is 0 Å². The van der Waals surface area contributed by atoms with Crippen molar-refractivity contribution < 1.29 is 18.8 Å². The van der Waals surface area contributed by atoms with Gasteiger partial charge in [0.25, 0.3) is 5.69 Å². The first-order chi connectivity index (χ1) is 9.36. The van der Waals surface area contributed by atoms with E-state index in [0.717, 1.165) is 6.07 Å². The van der Waals surface area contributed by atoms with Gasteiger partial charge < -0.3 is 9.64 Å². The Hall–Kier alpha value is -1.89. The number of nitro groups is 1. The average molecular weight is 305 g/mol. The van der Waals surface area contributed by atoms with E-state index in [1.165, 1.54) is 11.0 Å². The molecule has 20 heavy (non-hydrogen) atoms. The summed E-state index contributed by atoms with van der Waals surface area (Å²) < 4.78 is 18.0. The van der Waals surface area contributed by atoms with Gasteiger partial charge in [0.2, 0.25) is 0 Å². The smallest absolute Gasteiger partial charge is 0.307 e. The third kappa shape index (κ3) is 4.06. The van der Waals surface area contributed by atoms with Gasteiger partial charge in [0.15, 0.2) is 0 Å². The zero-order valence-electron chi connectivity index (χ0n) is 11.1. The monoisotopic (exact) mass is 304 g/mol. The van der Waals surface area contributed by atoms with Crippen LogP contribution in [0.25, 0.3) is 0 Å². The van der Waals surface area contributed by atoms with E-state index in [-0.39, 0.29) is 30.3 Å². The summed E-state index contributed by atoms with van der Waals surface area (Å²) in [5.41, 5.74) is -0.260. The lowest BCUT2D eigenvalue weighted by molar-refractivity contribution is -0.384. The number of benzene rings is 1. The van der Waals surface area contributed by atoms with Crippen LogP contribution in [0.1, 0.15) is 13.3 Å². The quantitative estimate of drug-likeness (QED) is 0.459. The van der Waals surface area contributed by atoms with E-state index in [2.05, 4.69) is 0 Å². The number of nitro benzene ring substituents is 1. The molecule has 1 rings (SSSR count). The summed E-state index contributed by atoms with van der Waals surface area (Å²) in [6.45, 7) is 2.15. The molecular formula is C12H14ClFN2O4. The normalized spacial score (nSPS) is 10.2. The molecule has 8 heteroatoms. The minimum Gasteiger partial charge on any atom is -0.466 e. The van der Waals surface area contributed by atoms with Gasteiger partial charge in [0.1, 0.15) is 11.5 Å². The van der Waals surface area contributed by atoms with Gasteiger partial charge in [0, 0.05) is 13.6 Å². The predicted molar refractivity (Wildman–Crippen MR) is 72.6 cm³/mol. The molecule has 0 aliphatic rings. The van der Waals surface area contributed by atoms with E-state index < -0.39 is 22.4 Å². The first-order valence-electron chi connectivity index (χ1n) is 5.87. The van der Waals surface area contributed by atoms with Crippen molar-refractivity contribution in [2.75, 3.05) is 25.1 Å². The van der Waals surface area contributed by atoms with Crippen LogP contribution in [-0.4, -0.2) is 31.1 Å². The standard InChI is InChI=1S/C12H14ClFN2O4/c1-3-20-12(17)4-5-15(2)10-6-8(13)9(14)7-11(10)16(18)19/h6-7H,3-5H2,1-2H3. The highest BCUT2D eigenvalue weighted by molar-refractivity contribution is 6.31. The highest BCUT2D eigenvalue weighted by atomic mass is 35.5. The zero-order valence-corrected chi connectivity index (χ0v) is 11.8. The number of hydrogen-bond donors (Lipinski definition) is 0. The van der Waals surface area contributed by atoms with E-state index in [4.69, 9.17) is 16.3 Å². The van der Waals surface area contributed by atoms with E-state index in [0.29, 0.717) is 0 Å². The number of hydrogen-bond acceptors (Lipinski definition) is 5. The van der Waals surface area contributed by atoms with Crippen molar-refractivity contribution in [2.24, 2.45) is 0 Å². The number of esters is 1. The Balaban J connectivity index is 2.91. The number of anilines is 1. The third-order valence-corrected chi connectivity index (χ3v) is 2.87. The Kier molecular flexibility index (Phi) is 5.69. The molecule has 0 saturated heterocycles. The van der Waals surface area contributed by atoms with Crippen LogP contribution in [0.3, 0.4) is 0 Å². The van der Waals surface area contributed by atoms with Crippen LogP contribution in [-0.2, 0) is 9.53 Å². The van der Waals surface area contributed by atoms with Gasteiger partial charge in [0.05, 0.1) is 29.0 Å². The van der Waals surface area contributed by atoms with Crippen LogP contribution >= 0.6 is 11.6 Å². The maximum absolute atomic E-state index is 13.3. The Morgan fingerprint density at radius 2 is 2.20 bits per heavy atom. The summed E-state index contributed by atoms with van der Waals surface area (Å²) in [6, 6.07) is 1.93. The van der Waals surface area contributed by atoms with Crippen LogP contribution < -0.4 is 4.90 Å². The van der Waals surface area contributed by atoms with Gasteiger partial charge in [-0.05, 0) is 13.0 Å². The van der Waals surface area contributed by atoms with Crippen LogP contribution in [0.15, 0.2) is 12.1 Å². The second-order valence-electron chi connectivity index (χ2n) is 3.99. The molecule has 0 atom stereocenters. The molecule has 0 radical (unpaired) electrons. The van der Waals surface area contributed by atoms with Crippen molar-refractivity contribution in [3.05, 3.63) is 33.1 Å². The molecule has 0 aliphatic heterocycles. The summed E-state index contributed by atoms with van der Waals surface area (Å²) in [7, 11) is 1.55. The number of nitrogens with zero attached hydrogens (tertiary/aromatic N) is 2. The molecule has 0 aliphatic carbocycles. The predicted octanol–water partition coefficient (Wildman–Crippen LogP) is 2.78. The lowest BCUT2D eigenvalue weighted by atomic mass is 10.2. The molecule has 0 N–H and O–H groups in total. The topological polar surface area (TPSA) is 72.7 Å². The third-order valence-electron chi connectivity index (χ3n) is 2.58. The Bertz CT molecular complexity index is 524. The first kappa shape index (κ1) is 16.2. The van der Waals surface area contributed by atoms with Gasteiger partial charge in [-0.2, -0.15) is 0 Å². The highest BCUT2D eigenvalue weighted by Gasteiger charge is 2.21. The summed E-state index contributed by atoms with van der Waals surface area (Å²) in [5.74, 6) is -1.27. The van der Waals surface area contributed by atoms with E-state index in [1.54, 1.807) is 14.0 Å². The molecule has 0 amide bonds. The summed E-state index contributed by atoms with van der Waals surface area (Å²) in [4.78, 5) is 22.9. The molecule has 0 fully saturated rings. The molecule has 0 bridgehead atoms. The number of carbonyl (C=O) groups is 1. The molecule has 6 nitrogen and oxygen atoms in total. The molecular weight excluding hydrogens is 291 g/mol. The largest absolute Gasteiger partial charge is 0.466 e. The molecule has 0 saturated carbocycles. The minimum absolute atomic E-state index is 0.0660. The van der Waals surface area contributed by atoms with Gasteiger partial charge in [-0.1, -0.05) is 11.6 Å². The average Bonchev–Trinajstić information content (AvgIpc) is 2.38. The zero-order chi connectivity index (χ0) is 15.3. The van der Waals surface area contributed by atoms with Gasteiger partial charge in [-0.25, -0.2) is 4.39 Å². The maximum atomic E-state index is 13.3. The lowest BCUT2D eigenvalue weighted by Crippen LogP contribution is -2.23. The Morgan fingerprint density at radius 1 is 1.55 bits per heavy atom. The first-order valence-corrected chi connectivity index (χ1v) is 6.24. The molecule has 1 aromatic rings. The van der Waals surface area contributed by atoms with Crippen molar-refractivity contribution >= 4 is 28.9 Å². The van der Waals surface area contributed by atoms with Crippen LogP contribution in [0.2, 0.25) is 5.02 Å². The van der Waals surface area contributed by atoms with Crippen LogP contribution in [0.5, 0.6) is 0 Å². The Morgan fingerprint density at radius 3 is 2.75 bits per heavy atom. The number of rotatable bonds is 6. The Labute approximate surface area is 120 Å². The van der Waals surface area contributed by atoms with Crippen molar-refractivity contribution in [3.63, 3.8) is 0 Å². The maximum Gasteiger partial charge on any atom is 0.307 e. The van der Waals surface area contributed by atoms with Crippen LogP contribution in [0.4, 0.5) is 15.8 Å². The fourth-order valence-corrected chi connectivity index (χ4v) is 1.75. The molecule has 0 aromatic heterocycles. The van der Waals surface area contributed by atoms with Gasteiger partial charge in [-0.3, -0.25) is 14.9 Å². The molecule has 0 unspecified atom stereocenters. The van der Waals surface area contributed by atoms with Crippen LogP contribution in [0, 0.1) is 15.9 Å². The second-order valence-corrected chi connectivity index (χ2v) is 4.40. The van der Waals surface area contributed by atoms with Gasteiger partial charge >= 0.3 is 5.97 Å². The lowest BCUT2D eigenvalue weighted by Gasteiger charge is -2.19. The summed E-state index contributed by atoms with van der Waals surface area (Å²) >= 11 is 5.63. The fraction of sp³-hybridized carbons (Fsp3) is 0.417. The number of halogens is 2. The van der Waals surface area contributed by atoms with E-state index in [1.807, 2.05) is 0 Å². The SMILES string of the molecule is CCOC(=O)CCN(C)c1cc(Cl)c(F)cc1[N+](=O)[O-]. The van der Waals surface area contributed by atoms with E-state index in [9.17, 15) is 19.3 Å². The minimum atomic E-state index is -0.860. The van der Waals surface area contributed by atoms with E-state index >= 15 is 0 Å². The summed E-state index contributed by atoms with van der Waals surface area (Å²) in [6.07, 6.45) is 0.0660. The molecule has 1 aromatic carbocycles. The highest BCUT2D eigenvalue weighted by Crippen LogP contribution is 2.32. The van der Waals surface area contributed by atoms with Crippen molar-refractivity contribution in [1.29, 1.82) is 0 Å². The second kappa shape index (κ2) is 7.04. The van der Waals surface area contributed by atoms with Crippen molar-refractivity contribution in [1.82, 2.24) is 0 Å². The molecule has 0 heterocycles. The number of carbonyl (C=O) groups excluding carboxylic acids is 1.